The Hall–Kier alpha value is -1.02. The molecule has 0 bridgehead atoms. The van der Waals surface area contributed by atoms with Gasteiger partial charge in [0.25, 0.3) is 0 Å². The zero-order valence-corrected chi connectivity index (χ0v) is 13.6. The van der Waals surface area contributed by atoms with Crippen molar-refractivity contribution in [3.05, 3.63) is 29.8 Å². The van der Waals surface area contributed by atoms with Crippen LogP contribution in [-0.4, -0.2) is 18.2 Å². The van der Waals surface area contributed by atoms with E-state index in [0.29, 0.717) is 17.9 Å². The van der Waals surface area contributed by atoms with Crippen LogP contribution >= 0.6 is 0 Å². The average molecular weight is 275 g/mol. The lowest BCUT2D eigenvalue weighted by Gasteiger charge is -2.42. The van der Waals surface area contributed by atoms with E-state index in [-0.39, 0.29) is 5.60 Å². The van der Waals surface area contributed by atoms with Gasteiger partial charge in [0.05, 0.1) is 0 Å². The van der Waals surface area contributed by atoms with Crippen LogP contribution in [0.2, 0.25) is 0 Å². The van der Waals surface area contributed by atoms with Gasteiger partial charge in [0.1, 0.15) is 11.4 Å². The van der Waals surface area contributed by atoms with Crippen molar-refractivity contribution < 1.29 is 4.74 Å². The molecular weight excluding hydrogens is 246 g/mol. The molecule has 1 aliphatic heterocycles. The van der Waals surface area contributed by atoms with Gasteiger partial charge < -0.3 is 10.1 Å². The van der Waals surface area contributed by atoms with E-state index in [1.54, 1.807) is 0 Å². The number of hydrogen-bond acceptors (Lipinski definition) is 2. The largest absolute Gasteiger partial charge is 0.488 e. The summed E-state index contributed by atoms with van der Waals surface area (Å²) in [6, 6.07) is 9.06. The highest BCUT2D eigenvalue weighted by Crippen LogP contribution is 2.43. The van der Waals surface area contributed by atoms with Crippen LogP contribution in [0.4, 0.5) is 0 Å². The summed E-state index contributed by atoms with van der Waals surface area (Å²) in [5.41, 5.74) is 1.29. The summed E-state index contributed by atoms with van der Waals surface area (Å²) in [4.78, 5) is 0. The van der Waals surface area contributed by atoms with E-state index in [9.17, 15) is 0 Å². The maximum atomic E-state index is 6.16. The number of fused-ring (bicyclic) bond motifs is 1. The summed E-state index contributed by atoms with van der Waals surface area (Å²) in [5, 5.41) is 3.76. The molecule has 2 rings (SSSR count). The Bertz CT molecular complexity index is 439. The first-order valence-electron chi connectivity index (χ1n) is 7.96. The third kappa shape index (κ3) is 3.35. The molecule has 2 atom stereocenters. The molecule has 1 heterocycles. The fourth-order valence-electron chi connectivity index (χ4n) is 3.33. The van der Waals surface area contributed by atoms with Crippen LogP contribution in [0.25, 0.3) is 0 Å². The molecule has 1 aromatic carbocycles. The highest BCUT2D eigenvalue weighted by molar-refractivity contribution is 5.40. The first-order valence-corrected chi connectivity index (χ1v) is 7.96. The highest BCUT2D eigenvalue weighted by atomic mass is 16.5. The van der Waals surface area contributed by atoms with Crippen LogP contribution in [0.5, 0.6) is 5.75 Å². The lowest BCUT2D eigenvalue weighted by Crippen LogP contribution is -2.45. The van der Waals surface area contributed by atoms with E-state index >= 15 is 0 Å². The molecule has 2 unspecified atom stereocenters. The van der Waals surface area contributed by atoms with Crippen molar-refractivity contribution >= 4 is 0 Å². The molecule has 0 aromatic heterocycles. The van der Waals surface area contributed by atoms with E-state index in [4.69, 9.17) is 4.74 Å². The summed E-state index contributed by atoms with van der Waals surface area (Å²) < 4.78 is 6.16. The van der Waals surface area contributed by atoms with Crippen molar-refractivity contribution in [2.24, 2.45) is 5.92 Å². The second-order valence-electron chi connectivity index (χ2n) is 6.93. The van der Waals surface area contributed by atoms with Crippen LogP contribution in [0.1, 0.15) is 58.9 Å². The van der Waals surface area contributed by atoms with Crippen LogP contribution in [0.3, 0.4) is 0 Å². The second kappa shape index (κ2) is 6.17. The summed E-state index contributed by atoms with van der Waals surface area (Å²) in [5.74, 6) is 2.22. The summed E-state index contributed by atoms with van der Waals surface area (Å²) >= 11 is 0. The Balaban J connectivity index is 2.33. The summed E-state index contributed by atoms with van der Waals surface area (Å²) in [7, 11) is 0. The standard InChI is InChI=1S/C18H29NO/c1-6-11-19-17(13(2)3)15-12-18(4,5)20-16-10-8-7-9-14(15)16/h7-10,13,15,17,19H,6,11-12H2,1-5H3. The Morgan fingerprint density at radius 3 is 2.65 bits per heavy atom. The van der Waals surface area contributed by atoms with Gasteiger partial charge in [-0.2, -0.15) is 0 Å². The molecule has 2 nitrogen and oxygen atoms in total. The van der Waals surface area contributed by atoms with Gasteiger partial charge in [-0.15, -0.1) is 0 Å². The molecule has 0 saturated heterocycles. The van der Waals surface area contributed by atoms with Gasteiger partial charge in [0, 0.05) is 12.0 Å². The monoisotopic (exact) mass is 275 g/mol. The molecule has 112 valence electrons. The smallest absolute Gasteiger partial charge is 0.123 e. The van der Waals surface area contributed by atoms with Crippen molar-refractivity contribution in [2.75, 3.05) is 6.54 Å². The molecule has 0 spiro atoms. The molecule has 20 heavy (non-hydrogen) atoms. The third-order valence-corrected chi connectivity index (χ3v) is 4.20. The Morgan fingerprint density at radius 1 is 1.30 bits per heavy atom. The van der Waals surface area contributed by atoms with Gasteiger partial charge in [-0.3, -0.25) is 0 Å². The zero-order chi connectivity index (χ0) is 14.8. The van der Waals surface area contributed by atoms with Crippen molar-refractivity contribution in [3.63, 3.8) is 0 Å². The Labute approximate surface area is 123 Å². The van der Waals surface area contributed by atoms with Crippen LogP contribution in [0, 0.1) is 5.92 Å². The minimum atomic E-state index is -0.0833. The molecule has 0 saturated carbocycles. The number of ether oxygens (including phenoxy) is 1. The van der Waals surface area contributed by atoms with Gasteiger partial charge in [-0.25, -0.2) is 0 Å². The topological polar surface area (TPSA) is 21.3 Å². The SMILES string of the molecule is CCCNC(C(C)C)C1CC(C)(C)Oc2ccccc21. The first kappa shape index (κ1) is 15.4. The van der Waals surface area contributed by atoms with E-state index in [1.807, 2.05) is 0 Å². The summed E-state index contributed by atoms with van der Waals surface area (Å²) in [6.07, 6.45) is 2.25. The molecule has 1 aromatic rings. The first-order chi connectivity index (χ1) is 9.44. The Kier molecular flexibility index (Phi) is 4.74. The van der Waals surface area contributed by atoms with Crippen LogP contribution in [0.15, 0.2) is 24.3 Å². The molecule has 1 aliphatic rings. The fraction of sp³-hybridized carbons (Fsp3) is 0.667. The maximum Gasteiger partial charge on any atom is 0.123 e. The van der Waals surface area contributed by atoms with Crippen molar-refractivity contribution in [1.82, 2.24) is 5.32 Å². The highest BCUT2D eigenvalue weighted by Gasteiger charge is 2.38. The number of nitrogens with one attached hydrogen (secondary N) is 1. The molecule has 2 heteroatoms. The van der Waals surface area contributed by atoms with Crippen LogP contribution < -0.4 is 10.1 Å². The number of benzene rings is 1. The fourth-order valence-corrected chi connectivity index (χ4v) is 3.33. The van der Waals surface area contributed by atoms with Crippen LogP contribution in [-0.2, 0) is 0 Å². The van der Waals surface area contributed by atoms with Crippen molar-refractivity contribution in [1.29, 1.82) is 0 Å². The molecular formula is C18H29NO. The molecule has 0 radical (unpaired) electrons. The van der Waals surface area contributed by atoms with E-state index in [2.05, 4.69) is 64.2 Å². The van der Waals surface area contributed by atoms with Gasteiger partial charge in [-0.1, -0.05) is 39.0 Å². The molecule has 0 fully saturated rings. The number of para-hydroxylation sites is 1. The van der Waals surface area contributed by atoms with Crippen molar-refractivity contribution in [2.45, 2.75) is 65.0 Å². The molecule has 0 amide bonds. The number of hydrogen-bond donors (Lipinski definition) is 1. The average Bonchev–Trinajstić information content (AvgIpc) is 2.37. The van der Waals surface area contributed by atoms with Crippen molar-refractivity contribution in [3.8, 4) is 5.75 Å². The predicted octanol–water partition coefficient (Wildman–Crippen LogP) is 4.36. The third-order valence-electron chi connectivity index (χ3n) is 4.20. The quantitative estimate of drug-likeness (QED) is 0.862. The van der Waals surface area contributed by atoms with Gasteiger partial charge >= 0.3 is 0 Å². The van der Waals surface area contributed by atoms with Gasteiger partial charge in [0.15, 0.2) is 0 Å². The lowest BCUT2D eigenvalue weighted by molar-refractivity contribution is 0.0609. The lowest BCUT2D eigenvalue weighted by atomic mass is 9.76. The number of rotatable bonds is 5. The Morgan fingerprint density at radius 2 is 2.00 bits per heavy atom. The van der Waals surface area contributed by atoms with Gasteiger partial charge in [0.2, 0.25) is 0 Å². The molecule has 1 N–H and O–H groups in total. The zero-order valence-electron chi connectivity index (χ0n) is 13.6. The summed E-state index contributed by atoms with van der Waals surface area (Å²) in [6.45, 7) is 12.4. The molecule has 0 aliphatic carbocycles. The minimum Gasteiger partial charge on any atom is -0.488 e. The normalized spacial score (nSPS) is 22.2. The van der Waals surface area contributed by atoms with E-state index < -0.39 is 0 Å². The minimum absolute atomic E-state index is 0.0833. The predicted molar refractivity (Wildman–Crippen MR) is 85.4 cm³/mol. The second-order valence-corrected chi connectivity index (χ2v) is 6.93. The maximum absolute atomic E-state index is 6.16. The van der Waals surface area contributed by atoms with E-state index in [1.165, 1.54) is 12.0 Å². The van der Waals surface area contributed by atoms with Gasteiger partial charge in [-0.05, 0) is 50.8 Å². The van der Waals surface area contributed by atoms with E-state index in [0.717, 1.165) is 18.7 Å².